The van der Waals surface area contributed by atoms with E-state index in [4.69, 9.17) is 10.00 Å². The monoisotopic (exact) mass is 531 g/mol. The van der Waals surface area contributed by atoms with Crippen LogP contribution in [-0.2, 0) is 11.0 Å². The van der Waals surface area contributed by atoms with E-state index in [1.807, 2.05) is 4.93 Å². The van der Waals surface area contributed by atoms with E-state index in [0.29, 0.717) is 5.56 Å². The van der Waals surface area contributed by atoms with Crippen LogP contribution < -0.4 is 31.3 Å². The number of halogens is 4. The molecule has 5 nitrogen and oxygen atoms in total. The number of benzene rings is 2. The number of hydrogen-bond acceptors (Lipinski definition) is 5. The van der Waals surface area contributed by atoms with Crippen molar-refractivity contribution in [3.8, 4) is 17.6 Å². The summed E-state index contributed by atoms with van der Waals surface area (Å²) in [5.41, 5.74) is -0.505. The number of nitrogens with zero attached hydrogens (tertiary/aromatic N) is 1. The summed E-state index contributed by atoms with van der Waals surface area (Å²) in [5.74, 6) is -0.602. The molecule has 1 aliphatic heterocycles. The molecular weight excluding hydrogens is 520 g/mol. The number of carbonyl (C=O) groups is 2. The first-order valence-electron chi connectivity index (χ1n) is 7.89. The quantitative estimate of drug-likeness (QED) is 0.369. The van der Waals surface area contributed by atoms with Crippen molar-refractivity contribution in [2.75, 3.05) is 4.93 Å². The molecule has 150 valence electrons. The third-order valence-corrected chi connectivity index (χ3v) is 6.55. The van der Waals surface area contributed by atoms with E-state index in [1.165, 1.54) is 12.1 Å². The molecule has 10 heteroatoms. The van der Waals surface area contributed by atoms with Crippen molar-refractivity contribution < 1.29 is 48.7 Å². The van der Waals surface area contributed by atoms with E-state index in [9.17, 15) is 22.8 Å². The maximum atomic E-state index is 13.4. The molecule has 0 aliphatic carbocycles. The Morgan fingerprint density at radius 1 is 1.17 bits per heavy atom. The van der Waals surface area contributed by atoms with Gasteiger partial charge in [0.05, 0.1) is 0 Å². The molecule has 0 spiro atoms. The van der Waals surface area contributed by atoms with Crippen molar-refractivity contribution >= 4 is 29.0 Å². The summed E-state index contributed by atoms with van der Waals surface area (Å²) >= 11 is 0.207. The van der Waals surface area contributed by atoms with Gasteiger partial charge in [0, 0.05) is 0 Å². The summed E-state index contributed by atoms with van der Waals surface area (Å²) in [6.45, 7) is 0. The van der Waals surface area contributed by atoms with Gasteiger partial charge in [-0.15, -0.1) is 0 Å². The third-order valence-electron chi connectivity index (χ3n) is 3.73. The number of amides is 2. The number of ether oxygens (including phenoxy) is 1. The van der Waals surface area contributed by atoms with Crippen LogP contribution in [0.2, 0.25) is 0 Å². The second kappa shape index (κ2) is 8.46. The van der Waals surface area contributed by atoms with Gasteiger partial charge in [0.25, 0.3) is 0 Å². The maximum absolute atomic E-state index is 13.4. The van der Waals surface area contributed by atoms with Crippen molar-refractivity contribution in [2.24, 2.45) is 0 Å². The summed E-state index contributed by atoms with van der Waals surface area (Å²) in [7, 11) is 0. The number of nitrogens with one attached hydrogen (secondary N) is 1. The van der Waals surface area contributed by atoms with Crippen molar-refractivity contribution in [3.05, 3.63) is 61.6 Å². The first-order chi connectivity index (χ1) is 13.7. The zero-order valence-electron chi connectivity index (χ0n) is 14.6. The molecular formula is C19H11F3IN2O3S-. The topological polar surface area (TPSA) is 79.2 Å². The zero-order chi connectivity index (χ0) is 21.2. The summed E-state index contributed by atoms with van der Waals surface area (Å²) in [6.07, 6.45) is -3.13. The molecule has 1 aliphatic rings. The Morgan fingerprint density at radius 3 is 2.48 bits per heavy atom. The Labute approximate surface area is 178 Å². The average Bonchev–Trinajstić information content (AvgIpc) is 2.99. The minimum absolute atomic E-state index is 0.114. The van der Waals surface area contributed by atoms with Crippen LogP contribution in [-0.4, -0.2) is 16.1 Å². The second-order valence-electron chi connectivity index (χ2n) is 5.65. The summed E-state index contributed by atoms with van der Waals surface area (Å²) < 4.78 is 46.3. The molecule has 2 amide bonds. The number of rotatable bonds is 4. The number of hydrogen-bond donors (Lipinski definition) is 1. The van der Waals surface area contributed by atoms with Crippen LogP contribution in [0, 0.1) is 14.9 Å². The number of nitriles is 1. The van der Waals surface area contributed by atoms with E-state index in [0.717, 1.165) is 27.5 Å². The normalized spacial score (nSPS) is 15.5. The van der Waals surface area contributed by atoms with Gasteiger partial charge in [0.1, 0.15) is 0 Å². The molecule has 1 fully saturated rings. The van der Waals surface area contributed by atoms with Crippen LogP contribution >= 0.6 is 11.8 Å². The summed E-state index contributed by atoms with van der Waals surface area (Å²) in [6, 6.07) is 9.68. The number of carbonyl (C=O) groups excluding carboxylic acids is 2. The van der Waals surface area contributed by atoms with E-state index >= 15 is 0 Å². The second-order valence-corrected chi connectivity index (χ2v) is 8.91. The fourth-order valence-electron chi connectivity index (χ4n) is 2.44. The van der Waals surface area contributed by atoms with Crippen LogP contribution in [0.4, 0.5) is 18.0 Å². The standard InChI is InChI=1S/C19H11F3IN2O3S/c1-23-13-7-10(8-16-17(26)25-18(27)29-16)2-5-15(13)28-14-4-3-11(9-24)6-12(14)19(20,21)22/h2-8H,1H3,(H,25,26,27)/q-1/b16-8-. The van der Waals surface area contributed by atoms with Gasteiger partial charge in [-0.25, -0.2) is 0 Å². The van der Waals surface area contributed by atoms with Crippen LogP contribution in [0.5, 0.6) is 11.5 Å². The first kappa shape index (κ1) is 21.2. The van der Waals surface area contributed by atoms with E-state index in [-0.39, 0.29) is 16.2 Å². The first-order valence-corrected chi connectivity index (χ1v) is 11.9. The molecule has 1 saturated heterocycles. The Balaban J connectivity index is 1.95. The number of thioether (sulfide) groups is 1. The molecule has 0 radical (unpaired) electrons. The van der Waals surface area contributed by atoms with Crippen molar-refractivity contribution in [2.45, 2.75) is 6.18 Å². The van der Waals surface area contributed by atoms with Crippen LogP contribution in [0.3, 0.4) is 0 Å². The van der Waals surface area contributed by atoms with Gasteiger partial charge in [-0.05, 0) is 0 Å². The zero-order valence-corrected chi connectivity index (χ0v) is 17.6. The Morgan fingerprint density at radius 2 is 1.90 bits per heavy atom. The van der Waals surface area contributed by atoms with Crippen molar-refractivity contribution in [1.29, 1.82) is 5.26 Å². The molecule has 2 aromatic rings. The predicted molar refractivity (Wildman–Crippen MR) is 96.4 cm³/mol. The minimum atomic E-state index is -4.67. The third kappa shape index (κ3) is 4.91. The van der Waals surface area contributed by atoms with Gasteiger partial charge in [0.15, 0.2) is 0 Å². The van der Waals surface area contributed by atoms with Gasteiger partial charge >= 0.3 is 179 Å². The Bertz CT molecular complexity index is 1080. The molecule has 2 aromatic carbocycles. The van der Waals surface area contributed by atoms with E-state index in [1.54, 1.807) is 24.3 Å². The van der Waals surface area contributed by atoms with Crippen LogP contribution in [0.25, 0.3) is 6.08 Å². The number of imide groups is 1. The average molecular weight is 531 g/mol. The molecule has 0 aromatic heterocycles. The fraction of sp³-hybridized carbons (Fsp3) is 0.105. The van der Waals surface area contributed by atoms with Crippen LogP contribution in [0.15, 0.2) is 41.3 Å². The molecule has 0 atom stereocenters. The Kier molecular flexibility index (Phi) is 6.18. The molecule has 1 heterocycles. The molecule has 1 N–H and O–H groups in total. The van der Waals surface area contributed by atoms with Gasteiger partial charge in [-0.2, -0.15) is 0 Å². The summed E-state index contributed by atoms with van der Waals surface area (Å²) in [4.78, 5) is 25.1. The summed E-state index contributed by atoms with van der Waals surface area (Å²) in [5, 5.41) is 10.6. The van der Waals surface area contributed by atoms with Gasteiger partial charge in [0.2, 0.25) is 0 Å². The molecule has 3 rings (SSSR count). The molecule has 29 heavy (non-hydrogen) atoms. The van der Waals surface area contributed by atoms with Gasteiger partial charge < -0.3 is 0 Å². The molecule has 0 saturated carbocycles. The molecule has 0 unspecified atom stereocenters. The number of alkyl halides is 4. The van der Waals surface area contributed by atoms with Crippen molar-refractivity contribution in [1.82, 2.24) is 5.32 Å². The van der Waals surface area contributed by atoms with Gasteiger partial charge in [-0.1, -0.05) is 0 Å². The Hall–Kier alpha value is -2.52. The fourth-order valence-corrected chi connectivity index (χ4v) is 4.61. The predicted octanol–water partition coefficient (Wildman–Crippen LogP) is 1.58. The van der Waals surface area contributed by atoms with Crippen molar-refractivity contribution in [3.63, 3.8) is 0 Å². The van der Waals surface area contributed by atoms with E-state index < -0.39 is 49.8 Å². The van der Waals surface area contributed by atoms with Gasteiger partial charge in [-0.3, -0.25) is 0 Å². The van der Waals surface area contributed by atoms with E-state index in [2.05, 4.69) is 5.32 Å². The SMILES string of the molecule is C[I-]c1cc(/C=C2\SC(=O)NC2=O)ccc1Oc1ccc(C#N)cc1C(F)(F)F. The molecule has 0 bridgehead atoms. The van der Waals surface area contributed by atoms with Crippen LogP contribution in [0.1, 0.15) is 16.7 Å².